The van der Waals surface area contributed by atoms with Crippen molar-refractivity contribution >= 4 is 6.09 Å². The molecule has 1 heterocycles. The van der Waals surface area contributed by atoms with Crippen molar-refractivity contribution in [1.82, 2.24) is 10.2 Å². The molecule has 1 aliphatic rings. The van der Waals surface area contributed by atoms with Gasteiger partial charge in [-0.2, -0.15) is 0 Å². The van der Waals surface area contributed by atoms with E-state index < -0.39 is 5.60 Å². The molecule has 0 spiro atoms. The summed E-state index contributed by atoms with van der Waals surface area (Å²) in [5, 5.41) is 3.42. The van der Waals surface area contributed by atoms with Gasteiger partial charge in [-0.3, -0.25) is 0 Å². The standard InChI is InChI=1S/C17H26N2O4/c1-17(2,3)23-16(20)19-10-13(11-19)18-9-12-8-14(21-4)6-7-15(12)22-5/h6-8,13,18H,9-11H2,1-5H3. The quantitative estimate of drug-likeness (QED) is 0.902. The summed E-state index contributed by atoms with van der Waals surface area (Å²) < 4.78 is 15.9. The Morgan fingerprint density at radius 1 is 1.26 bits per heavy atom. The molecular weight excluding hydrogens is 296 g/mol. The number of nitrogens with zero attached hydrogens (tertiary/aromatic N) is 1. The maximum atomic E-state index is 11.9. The Balaban J connectivity index is 1.82. The van der Waals surface area contributed by atoms with Crippen molar-refractivity contribution in [2.24, 2.45) is 0 Å². The third-order valence-corrected chi connectivity index (χ3v) is 3.60. The number of ether oxygens (including phenoxy) is 3. The van der Waals surface area contributed by atoms with E-state index in [1.54, 1.807) is 19.1 Å². The van der Waals surface area contributed by atoms with Crippen LogP contribution in [0.1, 0.15) is 26.3 Å². The Labute approximate surface area is 137 Å². The highest BCUT2D eigenvalue weighted by molar-refractivity contribution is 5.69. The van der Waals surface area contributed by atoms with Gasteiger partial charge in [-0.15, -0.1) is 0 Å². The van der Waals surface area contributed by atoms with Crippen molar-refractivity contribution in [2.45, 2.75) is 39.0 Å². The molecule has 1 saturated heterocycles. The Bertz CT molecular complexity index is 548. The molecule has 23 heavy (non-hydrogen) atoms. The minimum Gasteiger partial charge on any atom is -0.497 e. The summed E-state index contributed by atoms with van der Waals surface area (Å²) in [6.45, 7) is 7.58. The molecule has 0 atom stereocenters. The third kappa shape index (κ3) is 4.76. The first kappa shape index (κ1) is 17.4. The molecule has 1 fully saturated rings. The second kappa shape index (κ2) is 7.08. The molecule has 1 aromatic carbocycles. The SMILES string of the molecule is COc1ccc(OC)c(CNC2CN(C(=O)OC(C)(C)C)C2)c1. The van der Waals surface area contributed by atoms with Gasteiger partial charge in [0.15, 0.2) is 0 Å². The highest BCUT2D eigenvalue weighted by atomic mass is 16.6. The second-order valence-electron chi connectivity index (χ2n) is 6.64. The van der Waals surface area contributed by atoms with Crippen LogP contribution in [0.3, 0.4) is 0 Å². The number of rotatable bonds is 5. The van der Waals surface area contributed by atoms with Gasteiger partial charge >= 0.3 is 6.09 Å². The van der Waals surface area contributed by atoms with Gasteiger partial charge in [0, 0.05) is 31.2 Å². The zero-order valence-corrected chi connectivity index (χ0v) is 14.5. The summed E-state index contributed by atoms with van der Waals surface area (Å²) in [6, 6.07) is 5.98. The molecule has 0 saturated carbocycles. The summed E-state index contributed by atoms with van der Waals surface area (Å²) in [7, 11) is 3.29. The number of hydrogen-bond donors (Lipinski definition) is 1. The van der Waals surface area contributed by atoms with E-state index in [0.717, 1.165) is 17.1 Å². The third-order valence-electron chi connectivity index (χ3n) is 3.60. The first-order chi connectivity index (χ1) is 10.8. The van der Waals surface area contributed by atoms with E-state index in [4.69, 9.17) is 14.2 Å². The summed E-state index contributed by atoms with van der Waals surface area (Å²) >= 11 is 0. The highest BCUT2D eigenvalue weighted by Gasteiger charge is 2.33. The molecule has 0 bridgehead atoms. The van der Waals surface area contributed by atoms with Crippen LogP contribution in [-0.2, 0) is 11.3 Å². The smallest absolute Gasteiger partial charge is 0.410 e. The minimum atomic E-state index is -0.455. The fourth-order valence-corrected chi connectivity index (χ4v) is 2.36. The lowest BCUT2D eigenvalue weighted by atomic mass is 10.1. The molecule has 6 nitrogen and oxygen atoms in total. The lowest BCUT2D eigenvalue weighted by Gasteiger charge is -2.40. The van der Waals surface area contributed by atoms with E-state index in [1.807, 2.05) is 39.0 Å². The minimum absolute atomic E-state index is 0.255. The Morgan fingerprint density at radius 3 is 2.52 bits per heavy atom. The van der Waals surface area contributed by atoms with E-state index in [2.05, 4.69) is 5.32 Å². The van der Waals surface area contributed by atoms with Crippen LogP contribution < -0.4 is 14.8 Å². The molecule has 1 amide bonds. The van der Waals surface area contributed by atoms with Crippen molar-refractivity contribution in [1.29, 1.82) is 0 Å². The van der Waals surface area contributed by atoms with Crippen molar-refractivity contribution in [2.75, 3.05) is 27.3 Å². The van der Waals surface area contributed by atoms with Gasteiger partial charge in [0.2, 0.25) is 0 Å². The zero-order chi connectivity index (χ0) is 17.0. The van der Waals surface area contributed by atoms with Gasteiger partial charge < -0.3 is 24.4 Å². The number of hydrogen-bond acceptors (Lipinski definition) is 5. The number of methoxy groups -OCH3 is 2. The Kier molecular flexibility index (Phi) is 5.36. The van der Waals surface area contributed by atoms with Gasteiger partial charge in [0.05, 0.1) is 14.2 Å². The van der Waals surface area contributed by atoms with E-state index in [0.29, 0.717) is 19.6 Å². The van der Waals surface area contributed by atoms with Gasteiger partial charge in [0.1, 0.15) is 17.1 Å². The molecule has 1 N–H and O–H groups in total. The van der Waals surface area contributed by atoms with Crippen molar-refractivity contribution in [3.8, 4) is 11.5 Å². The largest absolute Gasteiger partial charge is 0.497 e. The van der Waals surface area contributed by atoms with Gasteiger partial charge in [0.25, 0.3) is 0 Å². The monoisotopic (exact) mass is 322 g/mol. The topological polar surface area (TPSA) is 60.0 Å². The molecule has 1 aliphatic heterocycles. The highest BCUT2D eigenvalue weighted by Crippen LogP contribution is 2.24. The molecule has 0 aliphatic carbocycles. The molecule has 0 unspecified atom stereocenters. The number of likely N-dealkylation sites (tertiary alicyclic amines) is 1. The number of carbonyl (C=O) groups excluding carboxylic acids is 1. The molecule has 0 radical (unpaired) electrons. The molecule has 128 valence electrons. The van der Waals surface area contributed by atoms with Gasteiger partial charge in [-0.25, -0.2) is 4.79 Å². The van der Waals surface area contributed by atoms with E-state index in [9.17, 15) is 4.79 Å². The van der Waals surface area contributed by atoms with Crippen molar-refractivity contribution < 1.29 is 19.0 Å². The molecule has 1 aromatic rings. The fourth-order valence-electron chi connectivity index (χ4n) is 2.36. The predicted octanol–water partition coefficient (Wildman–Crippen LogP) is 2.41. The summed E-state index contributed by atoms with van der Waals surface area (Å²) in [6.07, 6.45) is -0.255. The van der Waals surface area contributed by atoms with Gasteiger partial charge in [-0.1, -0.05) is 0 Å². The average Bonchev–Trinajstić information content (AvgIpc) is 2.43. The second-order valence-corrected chi connectivity index (χ2v) is 6.64. The fraction of sp³-hybridized carbons (Fsp3) is 0.588. The molecule has 0 aromatic heterocycles. The first-order valence-corrected chi connectivity index (χ1v) is 7.74. The van der Waals surface area contributed by atoms with Gasteiger partial charge in [-0.05, 0) is 39.0 Å². The van der Waals surface area contributed by atoms with Crippen LogP contribution in [0.25, 0.3) is 0 Å². The first-order valence-electron chi connectivity index (χ1n) is 7.74. The van der Waals surface area contributed by atoms with Crippen LogP contribution in [0.5, 0.6) is 11.5 Å². The summed E-state index contributed by atoms with van der Waals surface area (Å²) in [5.74, 6) is 1.62. The number of amides is 1. The van der Waals surface area contributed by atoms with Crippen LogP contribution in [0.15, 0.2) is 18.2 Å². The summed E-state index contributed by atoms with van der Waals surface area (Å²) in [5.41, 5.74) is 0.575. The average molecular weight is 322 g/mol. The van der Waals surface area contributed by atoms with Crippen molar-refractivity contribution in [3.63, 3.8) is 0 Å². The number of carbonyl (C=O) groups is 1. The van der Waals surface area contributed by atoms with Crippen LogP contribution in [0.4, 0.5) is 4.79 Å². The van der Waals surface area contributed by atoms with Crippen LogP contribution in [0.2, 0.25) is 0 Å². The Hall–Kier alpha value is -1.95. The zero-order valence-electron chi connectivity index (χ0n) is 14.5. The molecule has 6 heteroatoms. The summed E-state index contributed by atoms with van der Waals surface area (Å²) in [4.78, 5) is 13.6. The van der Waals surface area contributed by atoms with E-state index >= 15 is 0 Å². The van der Waals surface area contributed by atoms with Crippen molar-refractivity contribution in [3.05, 3.63) is 23.8 Å². The normalized spacial score (nSPS) is 15.1. The predicted molar refractivity (Wildman–Crippen MR) is 88.0 cm³/mol. The Morgan fingerprint density at radius 2 is 1.96 bits per heavy atom. The molecular formula is C17H26N2O4. The molecule has 2 rings (SSSR count). The lowest BCUT2D eigenvalue weighted by Crippen LogP contribution is -2.60. The van der Waals surface area contributed by atoms with E-state index in [1.165, 1.54) is 0 Å². The maximum Gasteiger partial charge on any atom is 0.410 e. The number of nitrogens with one attached hydrogen (secondary N) is 1. The lowest BCUT2D eigenvalue weighted by molar-refractivity contribution is 0.00517. The van der Waals surface area contributed by atoms with E-state index in [-0.39, 0.29) is 12.1 Å². The van der Waals surface area contributed by atoms with Crippen LogP contribution in [0, 0.1) is 0 Å². The van der Waals surface area contributed by atoms with Crippen LogP contribution >= 0.6 is 0 Å². The van der Waals surface area contributed by atoms with Crippen LogP contribution in [-0.4, -0.2) is 49.9 Å². The number of benzene rings is 1. The maximum absolute atomic E-state index is 11.9.